The van der Waals surface area contributed by atoms with Gasteiger partial charge in [0.05, 0.1) is 12.7 Å². The summed E-state index contributed by atoms with van der Waals surface area (Å²) in [7, 11) is 0. The second kappa shape index (κ2) is 6.17. The van der Waals surface area contributed by atoms with Crippen molar-refractivity contribution in [1.29, 1.82) is 0 Å². The van der Waals surface area contributed by atoms with Crippen LogP contribution in [-0.2, 0) is 19.0 Å². The van der Waals surface area contributed by atoms with Crippen molar-refractivity contribution in [3.8, 4) is 0 Å². The Bertz CT molecular complexity index is 281. The van der Waals surface area contributed by atoms with Crippen molar-refractivity contribution in [2.75, 3.05) is 6.61 Å². The largest absolute Gasteiger partial charge is 0.456 e. The van der Waals surface area contributed by atoms with Gasteiger partial charge in [0.2, 0.25) is 0 Å². The minimum absolute atomic E-state index is 0.265. The molecule has 0 aromatic carbocycles. The molecule has 0 radical (unpaired) electrons. The Hall–Kier alpha value is -0.870. The molecule has 1 fully saturated rings. The molecule has 0 bridgehead atoms. The molecule has 96 valence electrons. The number of carbonyl (C=O) groups is 1. The third-order valence-electron chi connectivity index (χ3n) is 3.10. The molecule has 0 aromatic rings. The van der Waals surface area contributed by atoms with Crippen LogP contribution in [0.4, 0.5) is 0 Å². The van der Waals surface area contributed by atoms with Gasteiger partial charge in [0.15, 0.2) is 6.29 Å². The lowest BCUT2D eigenvalue weighted by molar-refractivity contribution is -0.176. The number of esters is 1. The summed E-state index contributed by atoms with van der Waals surface area (Å²) in [6.07, 6.45) is 9.53. The molecule has 0 saturated heterocycles. The number of hydrogen-bond acceptors (Lipinski definition) is 4. The standard InChI is InChI=1S/C13H20O4/c1-10(14)16-12-7-8-13(15-9-12)17-11-5-3-2-4-6-11/h7-8,11-13H,2-6,9H2,1H3/t12-,13?/m1/s1. The van der Waals surface area contributed by atoms with E-state index < -0.39 is 0 Å². The molecule has 2 atom stereocenters. The van der Waals surface area contributed by atoms with Gasteiger partial charge < -0.3 is 14.2 Å². The highest BCUT2D eigenvalue weighted by atomic mass is 16.7. The topological polar surface area (TPSA) is 44.8 Å². The quantitative estimate of drug-likeness (QED) is 0.560. The van der Waals surface area contributed by atoms with Crippen LogP contribution in [0.5, 0.6) is 0 Å². The van der Waals surface area contributed by atoms with Crippen molar-refractivity contribution < 1.29 is 19.0 Å². The summed E-state index contributed by atoms with van der Waals surface area (Å²) in [5.74, 6) is -0.283. The van der Waals surface area contributed by atoms with Crippen molar-refractivity contribution in [3.05, 3.63) is 12.2 Å². The van der Waals surface area contributed by atoms with E-state index in [0.29, 0.717) is 12.7 Å². The summed E-state index contributed by atoms with van der Waals surface area (Å²) in [5, 5.41) is 0. The lowest BCUT2D eigenvalue weighted by Crippen LogP contribution is -2.32. The summed E-state index contributed by atoms with van der Waals surface area (Å²) in [4.78, 5) is 10.8. The molecule has 2 aliphatic rings. The monoisotopic (exact) mass is 240 g/mol. The SMILES string of the molecule is CC(=O)O[C@@H]1C=CC(OC2CCCCC2)OC1. The maximum absolute atomic E-state index is 10.8. The fraction of sp³-hybridized carbons (Fsp3) is 0.769. The molecule has 2 rings (SSSR count). The molecule has 1 saturated carbocycles. The van der Waals surface area contributed by atoms with Crippen LogP contribution < -0.4 is 0 Å². The lowest BCUT2D eigenvalue weighted by Gasteiger charge is -2.29. The van der Waals surface area contributed by atoms with Crippen molar-refractivity contribution in [3.63, 3.8) is 0 Å². The average molecular weight is 240 g/mol. The number of ether oxygens (including phenoxy) is 3. The highest BCUT2D eigenvalue weighted by Crippen LogP contribution is 2.23. The molecule has 4 heteroatoms. The van der Waals surface area contributed by atoms with Crippen LogP contribution in [0.15, 0.2) is 12.2 Å². The zero-order valence-electron chi connectivity index (χ0n) is 10.3. The molecule has 1 unspecified atom stereocenters. The molecule has 17 heavy (non-hydrogen) atoms. The molecular formula is C13H20O4. The van der Waals surface area contributed by atoms with Crippen LogP contribution in [0.3, 0.4) is 0 Å². The second-order valence-corrected chi connectivity index (χ2v) is 4.63. The highest BCUT2D eigenvalue weighted by Gasteiger charge is 2.22. The van der Waals surface area contributed by atoms with Gasteiger partial charge in [-0.25, -0.2) is 0 Å². The van der Waals surface area contributed by atoms with Gasteiger partial charge in [0, 0.05) is 6.92 Å². The van der Waals surface area contributed by atoms with E-state index in [1.807, 2.05) is 12.2 Å². The molecule has 0 aromatic heterocycles. The number of rotatable bonds is 3. The van der Waals surface area contributed by atoms with E-state index in [9.17, 15) is 4.79 Å². The van der Waals surface area contributed by atoms with Gasteiger partial charge >= 0.3 is 5.97 Å². The molecule has 0 N–H and O–H groups in total. The Labute approximate surface area is 102 Å². The molecule has 1 aliphatic heterocycles. The third-order valence-corrected chi connectivity index (χ3v) is 3.10. The van der Waals surface area contributed by atoms with Crippen LogP contribution in [0.1, 0.15) is 39.0 Å². The van der Waals surface area contributed by atoms with Gasteiger partial charge in [-0.15, -0.1) is 0 Å². The Balaban J connectivity index is 1.74. The molecule has 4 nitrogen and oxygen atoms in total. The Morgan fingerprint density at radius 3 is 2.59 bits per heavy atom. The lowest BCUT2D eigenvalue weighted by atomic mass is 9.98. The van der Waals surface area contributed by atoms with E-state index in [0.717, 1.165) is 12.8 Å². The summed E-state index contributed by atoms with van der Waals surface area (Å²) in [5.41, 5.74) is 0. The highest BCUT2D eigenvalue weighted by molar-refractivity contribution is 5.66. The fourth-order valence-electron chi connectivity index (χ4n) is 2.28. The van der Waals surface area contributed by atoms with Crippen molar-refractivity contribution in [1.82, 2.24) is 0 Å². The van der Waals surface area contributed by atoms with E-state index in [2.05, 4.69) is 0 Å². The first-order chi connectivity index (χ1) is 8.24. The minimum atomic E-state index is -0.283. The van der Waals surface area contributed by atoms with E-state index in [4.69, 9.17) is 14.2 Å². The maximum Gasteiger partial charge on any atom is 0.303 e. The van der Waals surface area contributed by atoms with E-state index in [1.54, 1.807) is 0 Å². The smallest absolute Gasteiger partial charge is 0.303 e. The van der Waals surface area contributed by atoms with Gasteiger partial charge in [-0.05, 0) is 25.0 Å². The van der Waals surface area contributed by atoms with Crippen LogP contribution in [0.2, 0.25) is 0 Å². The first-order valence-electron chi connectivity index (χ1n) is 6.36. The van der Waals surface area contributed by atoms with Crippen LogP contribution in [0.25, 0.3) is 0 Å². The predicted octanol–water partition coefficient (Wildman–Crippen LogP) is 2.18. The first kappa shape index (κ1) is 12.6. The summed E-state index contributed by atoms with van der Waals surface area (Å²) in [6.45, 7) is 1.78. The van der Waals surface area contributed by atoms with Crippen molar-refractivity contribution in [2.24, 2.45) is 0 Å². The van der Waals surface area contributed by atoms with Gasteiger partial charge in [-0.2, -0.15) is 0 Å². The normalized spacial score (nSPS) is 30.2. The van der Waals surface area contributed by atoms with Crippen LogP contribution in [-0.4, -0.2) is 31.1 Å². The predicted molar refractivity (Wildman–Crippen MR) is 62.4 cm³/mol. The molecule has 1 aliphatic carbocycles. The van der Waals surface area contributed by atoms with E-state index in [1.165, 1.54) is 26.2 Å². The first-order valence-corrected chi connectivity index (χ1v) is 6.36. The number of hydrogen-bond donors (Lipinski definition) is 0. The van der Waals surface area contributed by atoms with Crippen LogP contribution >= 0.6 is 0 Å². The van der Waals surface area contributed by atoms with Crippen molar-refractivity contribution in [2.45, 2.75) is 57.5 Å². The summed E-state index contributed by atoms with van der Waals surface area (Å²) < 4.78 is 16.4. The molecule has 0 amide bonds. The summed E-state index contributed by atoms with van der Waals surface area (Å²) in [6, 6.07) is 0. The van der Waals surface area contributed by atoms with Crippen molar-refractivity contribution >= 4 is 5.97 Å². The molecule has 1 heterocycles. The Kier molecular flexibility index (Phi) is 4.57. The van der Waals surface area contributed by atoms with Gasteiger partial charge in [0.1, 0.15) is 6.10 Å². The van der Waals surface area contributed by atoms with Crippen LogP contribution in [0, 0.1) is 0 Å². The maximum atomic E-state index is 10.8. The Morgan fingerprint density at radius 2 is 2.00 bits per heavy atom. The second-order valence-electron chi connectivity index (χ2n) is 4.63. The van der Waals surface area contributed by atoms with Gasteiger partial charge in [-0.1, -0.05) is 19.3 Å². The van der Waals surface area contributed by atoms with Gasteiger partial charge in [0.25, 0.3) is 0 Å². The average Bonchev–Trinajstić information content (AvgIpc) is 2.32. The number of carbonyl (C=O) groups excluding carboxylic acids is 1. The molecule has 0 spiro atoms. The minimum Gasteiger partial charge on any atom is -0.456 e. The molecular weight excluding hydrogens is 220 g/mol. The zero-order valence-corrected chi connectivity index (χ0v) is 10.3. The Morgan fingerprint density at radius 1 is 1.24 bits per heavy atom. The zero-order chi connectivity index (χ0) is 12.1. The third kappa shape index (κ3) is 4.13. The summed E-state index contributed by atoms with van der Waals surface area (Å²) >= 11 is 0. The van der Waals surface area contributed by atoms with E-state index in [-0.39, 0.29) is 18.4 Å². The fourth-order valence-corrected chi connectivity index (χ4v) is 2.28. The van der Waals surface area contributed by atoms with E-state index >= 15 is 0 Å². The van der Waals surface area contributed by atoms with Gasteiger partial charge in [-0.3, -0.25) is 4.79 Å².